The molecule has 5 nitrogen and oxygen atoms in total. The average Bonchev–Trinajstić information content (AvgIpc) is 2.77. The van der Waals surface area contributed by atoms with Gasteiger partial charge in [0.15, 0.2) is 0 Å². The Kier molecular flexibility index (Phi) is 5.17. The maximum atomic E-state index is 12.0. The molecule has 2 rings (SSSR count). The summed E-state index contributed by atoms with van der Waals surface area (Å²) < 4.78 is 5.14. The number of aromatic nitrogens is 1. The van der Waals surface area contributed by atoms with Crippen LogP contribution >= 0.6 is 0 Å². The molecule has 0 aliphatic carbocycles. The third-order valence-corrected chi connectivity index (χ3v) is 4.03. The maximum Gasteiger partial charge on any atom is 0.220 e. The van der Waals surface area contributed by atoms with Crippen LogP contribution < -0.4 is 10.6 Å². The van der Waals surface area contributed by atoms with E-state index < -0.39 is 0 Å². The Balaban J connectivity index is 1.79. The summed E-state index contributed by atoms with van der Waals surface area (Å²) in [5.41, 5.74) is 1.85. The molecule has 1 aliphatic rings. The number of carbonyl (C=O) groups excluding carboxylic acids is 1. The Hall–Kier alpha value is -1.36. The van der Waals surface area contributed by atoms with Crippen LogP contribution in [0.1, 0.15) is 62.1 Å². The first-order valence-corrected chi connectivity index (χ1v) is 7.53. The van der Waals surface area contributed by atoms with Gasteiger partial charge in [0, 0.05) is 18.0 Å². The Morgan fingerprint density at radius 2 is 2.30 bits per heavy atom. The molecule has 0 bridgehead atoms. The van der Waals surface area contributed by atoms with Gasteiger partial charge in [0.1, 0.15) is 5.76 Å². The van der Waals surface area contributed by atoms with Crippen LogP contribution in [0.15, 0.2) is 4.52 Å². The SMILES string of the molecule is Cc1noc(C)c1C(C)NC(=O)CCC1CCCCN1. The van der Waals surface area contributed by atoms with E-state index in [0.29, 0.717) is 12.5 Å². The van der Waals surface area contributed by atoms with Gasteiger partial charge in [0.2, 0.25) is 5.91 Å². The van der Waals surface area contributed by atoms with Crippen LogP contribution in [0.4, 0.5) is 0 Å². The van der Waals surface area contributed by atoms with Crippen LogP contribution in [-0.2, 0) is 4.79 Å². The second-order valence-corrected chi connectivity index (χ2v) is 5.71. The number of hydrogen-bond acceptors (Lipinski definition) is 4. The lowest BCUT2D eigenvalue weighted by Gasteiger charge is -2.23. The molecule has 112 valence electrons. The van der Waals surface area contributed by atoms with E-state index in [1.807, 2.05) is 20.8 Å². The predicted octanol–water partition coefficient (Wildman–Crippen LogP) is 2.39. The first-order valence-electron chi connectivity index (χ1n) is 7.53. The molecule has 2 heterocycles. The summed E-state index contributed by atoms with van der Waals surface area (Å²) in [4.78, 5) is 12.0. The van der Waals surface area contributed by atoms with Gasteiger partial charge in [0.25, 0.3) is 0 Å². The normalized spacial score (nSPS) is 20.6. The van der Waals surface area contributed by atoms with Crippen LogP contribution in [0.25, 0.3) is 0 Å². The van der Waals surface area contributed by atoms with E-state index in [-0.39, 0.29) is 11.9 Å². The van der Waals surface area contributed by atoms with Crippen molar-refractivity contribution < 1.29 is 9.32 Å². The van der Waals surface area contributed by atoms with Crippen molar-refractivity contribution in [3.05, 3.63) is 17.0 Å². The highest BCUT2D eigenvalue weighted by atomic mass is 16.5. The van der Waals surface area contributed by atoms with E-state index in [0.717, 1.165) is 30.0 Å². The molecule has 20 heavy (non-hydrogen) atoms. The van der Waals surface area contributed by atoms with Crippen molar-refractivity contribution in [3.8, 4) is 0 Å². The number of hydrogen-bond donors (Lipinski definition) is 2. The summed E-state index contributed by atoms with van der Waals surface area (Å²) in [7, 11) is 0. The zero-order valence-electron chi connectivity index (χ0n) is 12.7. The van der Waals surface area contributed by atoms with Crippen LogP contribution in [0, 0.1) is 13.8 Å². The summed E-state index contributed by atoms with van der Waals surface area (Å²) in [6.07, 6.45) is 5.21. The Bertz CT molecular complexity index is 430. The highest BCUT2D eigenvalue weighted by Gasteiger charge is 2.19. The van der Waals surface area contributed by atoms with Crippen molar-refractivity contribution in [2.45, 2.75) is 65.0 Å². The summed E-state index contributed by atoms with van der Waals surface area (Å²) in [6.45, 7) is 6.84. The zero-order valence-corrected chi connectivity index (χ0v) is 12.7. The molecule has 5 heteroatoms. The first kappa shape index (κ1) is 15.0. The minimum Gasteiger partial charge on any atom is -0.361 e. The summed E-state index contributed by atoms with van der Waals surface area (Å²) in [6, 6.07) is 0.455. The van der Waals surface area contributed by atoms with Crippen molar-refractivity contribution in [1.29, 1.82) is 0 Å². The van der Waals surface area contributed by atoms with Gasteiger partial charge in [-0.25, -0.2) is 0 Å². The van der Waals surface area contributed by atoms with Gasteiger partial charge in [-0.1, -0.05) is 11.6 Å². The topological polar surface area (TPSA) is 67.2 Å². The molecule has 1 aliphatic heterocycles. The number of carbonyl (C=O) groups is 1. The molecule has 0 aromatic carbocycles. The van der Waals surface area contributed by atoms with E-state index in [4.69, 9.17) is 4.52 Å². The van der Waals surface area contributed by atoms with E-state index in [9.17, 15) is 4.79 Å². The Labute approximate surface area is 120 Å². The highest BCUT2D eigenvalue weighted by Crippen LogP contribution is 2.21. The van der Waals surface area contributed by atoms with Gasteiger partial charge in [-0.2, -0.15) is 0 Å². The average molecular weight is 279 g/mol. The molecular formula is C15H25N3O2. The van der Waals surface area contributed by atoms with Gasteiger partial charge < -0.3 is 15.2 Å². The Morgan fingerprint density at radius 1 is 1.50 bits per heavy atom. The monoisotopic (exact) mass is 279 g/mol. The molecule has 1 aromatic heterocycles. The molecule has 1 fully saturated rings. The van der Waals surface area contributed by atoms with E-state index in [1.54, 1.807) is 0 Å². The molecule has 1 amide bonds. The van der Waals surface area contributed by atoms with Gasteiger partial charge in [-0.3, -0.25) is 4.79 Å². The molecule has 2 N–H and O–H groups in total. The van der Waals surface area contributed by atoms with Crippen molar-refractivity contribution in [3.63, 3.8) is 0 Å². The van der Waals surface area contributed by atoms with Crippen molar-refractivity contribution in [2.24, 2.45) is 0 Å². The summed E-state index contributed by atoms with van der Waals surface area (Å²) >= 11 is 0. The zero-order chi connectivity index (χ0) is 14.5. The molecule has 1 saturated heterocycles. The molecule has 0 saturated carbocycles. The fraction of sp³-hybridized carbons (Fsp3) is 0.733. The number of aryl methyl sites for hydroxylation is 2. The number of amides is 1. The van der Waals surface area contributed by atoms with Crippen molar-refractivity contribution in [1.82, 2.24) is 15.8 Å². The quantitative estimate of drug-likeness (QED) is 0.868. The summed E-state index contributed by atoms with van der Waals surface area (Å²) in [5, 5.41) is 10.4. The lowest BCUT2D eigenvalue weighted by molar-refractivity contribution is -0.122. The Morgan fingerprint density at radius 3 is 2.90 bits per heavy atom. The fourth-order valence-electron chi connectivity index (χ4n) is 2.97. The molecule has 0 radical (unpaired) electrons. The van der Waals surface area contributed by atoms with Gasteiger partial charge in [-0.05, 0) is 46.6 Å². The maximum absolute atomic E-state index is 12.0. The van der Waals surface area contributed by atoms with Crippen LogP contribution in [-0.4, -0.2) is 23.7 Å². The minimum atomic E-state index is -0.0481. The van der Waals surface area contributed by atoms with Crippen molar-refractivity contribution >= 4 is 5.91 Å². The standard InChI is InChI=1S/C15H25N3O2/c1-10(15-11(2)18-20-12(15)3)17-14(19)8-7-13-6-4-5-9-16-13/h10,13,16H,4-9H2,1-3H3,(H,17,19). The van der Waals surface area contributed by atoms with Gasteiger partial charge in [-0.15, -0.1) is 0 Å². The third-order valence-electron chi connectivity index (χ3n) is 4.03. The van der Waals surface area contributed by atoms with Crippen LogP contribution in [0.5, 0.6) is 0 Å². The molecule has 0 spiro atoms. The largest absolute Gasteiger partial charge is 0.361 e. The highest BCUT2D eigenvalue weighted by molar-refractivity contribution is 5.76. The summed E-state index contributed by atoms with van der Waals surface area (Å²) in [5.74, 6) is 0.883. The lowest BCUT2D eigenvalue weighted by atomic mass is 10.00. The lowest BCUT2D eigenvalue weighted by Crippen LogP contribution is -2.35. The minimum absolute atomic E-state index is 0.0481. The second kappa shape index (κ2) is 6.88. The van der Waals surface area contributed by atoms with E-state index in [1.165, 1.54) is 19.3 Å². The van der Waals surface area contributed by atoms with E-state index in [2.05, 4.69) is 15.8 Å². The second-order valence-electron chi connectivity index (χ2n) is 5.71. The number of rotatable bonds is 5. The van der Waals surface area contributed by atoms with Gasteiger partial charge in [0.05, 0.1) is 11.7 Å². The number of nitrogens with one attached hydrogen (secondary N) is 2. The van der Waals surface area contributed by atoms with Crippen molar-refractivity contribution in [2.75, 3.05) is 6.54 Å². The molecular weight excluding hydrogens is 254 g/mol. The first-order chi connectivity index (χ1) is 9.58. The molecule has 2 atom stereocenters. The van der Waals surface area contributed by atoms with Crippen LogP contribution in [0.2, 0.25) is 0 Å². The number of piperidine rings is 1. The fourth-order valence-corrected chi connectivity index (χ4v) is 2.97. The van der Waals surface area contributed by atoms with E-state index >= 15 is 0 Å². The smallest absolute Gasteiger partial charge is 0.220 e. The predicted molar refractivity (Wildman–Crippen MR) is 77.4 cm³/mol. The van der Waals surface area contributed by atoms with Gasteiger partial charge >= 0.3 is 0 Å². The molecule has 1 aromatic rings. The number of nitrogens with zero attached hydrogens (tertiary/aromatic N) is 1. The molecule has 2 unspecified atom stereocenters. The third kappa shape index (κ3) is 3.82. The van der Waals surface area contributed by atoms with Crippen LogP contribution in [0.3, 0.4) is 0 Å².